The van der Waals surface area contributed by atoms with E-state index >= 15 is 0 Å². The summed E-state index contributed by atoms with van der Waals surface area (Å²) >= 11 is 0. The Hall–Kier alpha value is -0.330. The molecule has 0 bridgehead atoms. The van der Waals surface area contributed by atoms with Crippen molar-refractivity contribution >= 4 is 5.78 Å². The number of ketones is 1. The maximum absolute atomic E-state index is 11.4. The summed E-state index contributed by atoms with van der Waals surface area (Å²) < 4.78 is 0. The van der Waals surface area contributed by atoms with Crippen molar-refractivity contribution in [1.82, 2.24) is 0 Å². The number of rotatable bonds is 0. The lowest BCUT2D eigenvalue weighted by molar-refractivity contribution is -0.127. The van der Waals surface area contributed by atoms with Crippen LogP contribution in [0, 0.1) is 17.3 Å². The summed E-state index contributed by atoms with van der Waals surface area (Å²) in [6, 6.07) is 0. The highest BCUT2D eigenvalue weighted by Crippen LogP contribution is 2.51. The zero-order valence-corrected chi connectivity index (χ0v) is 8.81. The van der Waals surface area contributed by atoms with Gasteiger partial charge in [-0.1, -0.05) is 26.7 Å². The Kier molecular flexibility index (Phi) is 2.21. The summed E-state index contributed by atoms with van der Waals surface area (Å²) in [5.41, 5.74) is 0.506. The third-order valence-corrected chi connectivity index (χ3v) is 4.41. The van der Waals surface area contributed by atoms with E-state index in [1.165, 1.54) is 19.3 Å². The Bertz CT molecular complexity index is 221. The highest BCUT2D eigenvalue weighted by atomic mass is 16.1. The van der Waals surface area contributed by atoms with Crippen molar-refractivity contribution in [2.75, 3.05) is 0 Å². The lowest BCUT2D eigenvalue weighted by Gasteiger charge is -2.48. The van der Waals surface area contributed by atoms with E-state index in [-0.39, 0.29) is 0 Å². The first kappa shape index (κ1) is 9.23. The number of hydrogen-bond acceptors (Lipinski definition) is 1. The molecule has 0 saturated heterocycles. The molecular weight excluding hydrogens is 160 g/mol. The van der Waals surface area contributed by atoms with E-state index in [4.69, 9.17) is 0 Å². The lowest BCUT2D eigenvalue weighted by atomic mass is 9.57. The van der Waals surface area contributed by atoms with Gasteiger partial charge in [0.2, 0.25) is 0 Å². The summed E-state index contributed by atoms with van der Waals surface area (Å²) in [7, 11) is 0. The van der Waals surface area contributed by atoms with E-state index in [0.29, 0.717) is 17.1 Å². The fourth-order valence-corrected chi connectivity index (χ4v) is 3.43. The minimum atomic E-state index is 0.506. The van der Waals surface area contributed by atoms with Gasteiger partial charge in [0, 0.05) is 12.8 Å². The molecule has 0 radical (unpaired) electrons. The first-order valence-electron chi connectivity index (χ1n) is 5.63. The highest BCUT2D eigenvalue weighted by molar-refractivity contribution is 5.79. The summed E-state index contributed by atoms with van der Waals surface area (Å²) in [6.07, 6.45) is 6.95. The highest BCUT2D eigenvalue weighted by Gasteiger charge is 2.43. The van der Waals surface area contributed by atoms with Crippen LogP contribution in [0.4, 0.5) is 0 Å². The Balaban J connectivity index is 2.17. The van der Waals surface area contributed by atoms with Gasteiger partial charge in [0.25, 0.3) is 0 Å². The van der Waals surface area contributed by atoms with Gasteiger partial charge in [0.15, 0.2) is 0 Å². The summed E-state index contributed by atoms with van der Waals surface area (Å²) in [5.74, 6) is 1.99. The van der Waals surface area contributed by atoms with E-state index < -0.39 is 0 Å². The van der Waals surface area contributed by atoms with Gasteiger partial charge in [-0.05, 0) is 30.1 Å². The molecule has 0 unspecified atom stereocenters. The molecule has 0 aromatic rings. The summed E-state index contributed by atoms with van der Waals surface area (Å²) in [4.78, 5) is 11.4. The van der Waals surface area contributed by atoms with Crippen LogP contribution in [0.3, 0.4) is 0 Å². The van der Waals surface area contributed by atoms with Crippen molar-refractivity contribution in [3.05, 3.63) is 0 Å². The van der Waals surface area contributed by atoms with Gasteiger partial charge < -0.3 is 0 Å². The first-order valence-corrected chi connectivity index (χ1v) is 5.63. The monoisotopic (exact) mass is 180 g/mol. The van der Waals surface area contributed by atoms with E-state index in [1.54, 1.807) is 0 Å². The molecule has 0 aromatic carbocycles. The van der Waals surface area contributed by atoms with Gasteiger partial charge in [0.1, 0.15) is 5.78 Å². The van der Waals surface area contributed by atoms with Crippen molar-refractivity contribution in [3.63, 3.8) is 0 Å². The molecule has 1 heteroatoms. The van der Waals surface area contributed by atoms with Crippen LogP contribution in [0.15, 0.2) is 0 Å². The molecule has 0 heterocycles. The Morgan fingerprint density at radius 3 is 2.92 bits per heavy atom. The van der Waals surface area contributed by atoms with Crippen LogP contribution in [0.2, 0.25) is 0 Å². The maximum atomic E-state index is 11.4. The average Bonchev–Trinajstić information content (AvgIpc) is 2.08. The maximum Gasteiger partial charge on any atom is 0.133 e. The molecule has 13 heavy (non-hydrogen) atoms. The van der Waals surface area contributed by atoms with Crippen molar-refractivity contribution in [2.24, 2.45) is 17.3 Å². The molecule has 0 aliphatic heterocycles. The normalized spacial score (nSPS) is 45.8. The van der Waals surface area contributed by atoms with Gasteiger partial charge in [-0.2, -0.15) is 0 Å². The summed E-state index contributed by atoms with van der Waals surface area (Å²) in [6.45, 7) is 4.74. The van der Waals surface area contributed by atoms with Crippen molar-refractivity contribution in [1.29, 1.82) is 0 Å². The average molecular weight is 180 g/mol. The minimum absolute atomic E-state index is 0.506. The fourth-order valence-electron chi connectivity index (χ4n) is 3.43. The second-order valence-corrected chi connectivity index (χ2v) is 5.37. The lowest BCUT2D eigenvalue weighted by Crippen LogP contribution is -2.41. The van der Waals surface area contributed by atoms with E-state index in [9.17, 15) is 4.79 Å². The van der Waals surface area contributed by atoms with Crippen LogP contribution >= 0.6 is 0 Å². The number of hydrogen-bond donors (Lipinski definition) is 0. The predicted molar refractivity (Wildman–Crippen MR) is 53.5 cm³/mol. The molecule has 1 nitrogen and oxygen atoms in total. The molecule has 0 aromatic heterocycles. The third-order valence-electron chi connectivity index (χ3n) is 4.41. The Morgan fingerprint density at radius 2 is 2.15 bits per heavy atom. The number of carbonyl (C=O) groups is 1. The predicted octanol–water partition coefficient (Wildman–Crippen LogP) is 3.18. The smallest absolute Gasteiger partial charge is 0.133 e. The topological polar surface area (TPSA) is 17.1 Å². The SMILES string of the molecule is C[C@@H]1CCC[C@@]2(C)CCC(=O)C[C@H]12. The van der Waals surface area contributed by atoms with E-state index in [0.717, 1.165) is 25.2 Å². The standard InChI is InChI=1S/C12H20O/c1-9-4-3-6-12(2)7-5-10(13)8-11(9)12/h9,11H,3-8H2,1-2H3/t9-,11-,12+/m1/s1. The van der Waals surface area contributed by atoms with Gasteiger partial charge >= 0.3 is 0 Å². The molecule has 3 atom stereocenters. The van der Waals surface area contributed by atoms with Crippen molar-refractivity contribution in [3.8, 4) is 0 Å². The zero-order chi connectivity index (χ0) is 9.47. The van der Waals surface area contributed by atoms with E-state index in [2.05, 4.69) is 13.8 Å². The van der Waals surface area contributed by atoms with Crippen LogP contribution in [0.25, 0.3) is 0 Å². The molecule has 2 aliphatic carbocycles. The second kappa shape index (κ2) is 3.11. The molecule has 0 spiro atoms. The molecule has 0 N–H and O–H groups in total. The Morgan fingerprint density at radius 1 is 1.38 bits per heavy atom. The Labute approximate surface area is 80.9 Å². The number of Topliss-reactive ketones (excluding diaryl/α,β-unsaturated/α-hetero) is 1. The molecule has 2 fully saturated rings. The van der Waals surface area contributed by atoms with E-state index in [1.807, 2.05) is 0 Å². The number of carbonyl (C=O) groups excluding carboxylic acids is 1. The molecule has 74 valence electrons. The van der Waals surface area contributed by atoms with Crippen molar-refractivity contribution in [2.45, 2.75) is 52.4 Å². The van der Waals surface area contributed by atoms with Gasteiger partial charge in [0.05, 0.1) is 0 Å². The van der Waals surface area contributed by atoms with Crippen molar-refractivity contribution < 1.29 is 4.79 Å². The van der Waals surface area contributed by atoms with Gasteiger partial charge in [-0.25, -0.2) is 0 Å². The van der Waals surface area contributed by atoms with Crippen LogP contribution in [0.1, 0.15) is 52.4 Å². The van der Waals surface area contributed by atoms with Crippen LogP contribution in [-0.4, -0.2) is 5.78 Å². The number of fused-ring (bicyclic) bond motifs is 1. The van der Waals surface area contributed by atoms with Crippen LogP contribution < -0.4 is 0 Å². The molecule has 2 aliphatic rings. The summed E-state index contributed by atoms with van der Waals surface area (Å²) in [5, 5.41) is 0. The molecule has 0 amide bonds. The first-order chi connectivity index (χ1) is 6.12. The van der Waals surface area contributed by atoms with Gasteiger partial charge in [-0.3, -0.25) is 4.79 Å². The molecular formula is C12H20O. The molecule has 2 rings (SSSR count). The minimum Gasteiger partial charge on any atom is -0.300 e. The second-order valence-electron chi connectivity index (χ2n) is 5.37. The molecule has 2 saturated carbocycles. The largest absolute Gasteiger partial charge is 0.300 e. The zero-order valence-electron chi connectivity index (χ0n) is 8.81. The van der Waals surface area contributed by atoms with Crippen LogP contribution in [0.5, 0.6) is 0 Å². The third kappa shape index (κ3) is 1.53. The van der Waals surface area contributed by atoms with Gasteiger partial charge in [-0.15, -0.1) is 0 Å². The fraction of sp³-hybridized carbons (Fsp3) is 0.917. The quantitative estimate of drug-likeness (QED) is 0.559. The van der Waals surface area contributed by atoms with Crippen LogP contribution in [-0.2, 0) is 4.79 Å².